The second-order valence-electron chi connectivity index (χ2n) is 6.33. The molecule has 0 atom stereocenters. The van der Waals surface area contributed by atoms with Gasteiger partial charge in [0.25, 0.3) is 0 Å². The van der Waals surface area contributed by atoms with Crippen molar-refractivity contribution in [2.24, 2.45) is 5.41 Å². The molecule has 0 spiro atoms. The zero-order valence-corrected chi connectivity index (χ0v) is 11.2. The Hall–Kier alpha value is -1.38. The first-order valence-corrected chi connectivity index (χ1v) is 6.38. The van der Waals surface area contributed by atoms with Crippen LogP contribution < -0.4 is 5.32 Å². The first kappa shape index (κ1) is 13.1. The van der Waals surface area contributed by atoms with E-state index in [1.807, 2.05) is 0 Å². The average Bonchev–Trinajstić information content (AvgIpc) is 3.07. The van der Waals surface area contributed by atoms with Crippen LogP contribution in [0.3, 0.4) is 0 Å². The van der Waals surface area contributed by atoms with E-state index < -0.39 is 5.41 Å². The minimum Gasteiger partial charge on any atom is -0.355 e. The molecule has 0 unspecified atom stereocenters. The maximum Gasteiger partial charge on any atom is 0.230 e. The van der Waals surface area contributed by atoms with Crippen LogP contribution in [-0.4, -0.2) is 12.5 Å². The van der Waals surface area contributed by atoms with E-state index in [-0.39, 0.29) is 17.1 Å². The molecule has 1 fully saturated rings. The number of carbonyl (C=O) groups is 1. The molecule has 98 valence electrons. The highest BCUT2D eigenvalue weighted by Gasteiger charge is 2.51. The Morgan fingerprint density at radius 3 is 2.28 bits per heavy atom. The van der Waals surface area contributed by atoms with Gasteiger partial charge in [0.1, 0.15) is 5.82 Å². The van der Waals surface area contributed by atoms with E-state index in [9.17, 15) is 9.18 Å². The summed E-state index contributed by atoms with van der Waals surface area (Å²) in [4.78, 5) is 12.3. The molecule has 1 aliphatic rings. The van der Waals surface area contributed by atoms with Gasteiger partial charge in [0.2, 0.25) is 5.91 Å². The number of hydrogen-bond donors (Lipinski definition) is 1. The zero-order valence-electron chi connectivity index (χ0n) is 11.2. The summed E-state index contributed by atoms with van der Waals surface area (Å²) in [6.07, 6.45) is 1.71. The van der Waals surface area contributed by atoms with Crippen LogP contribution >= 0.6 is 0 Å². The maximum absolute atomic E-state index is 12.9. The lowest BCUT2D eigenvalue weighted by Crippen LogP contribution is -2.39. The van der Waals surface area contributed by atoms with Crippen molar-refractivity contribution in [3.8, 4) is 0 Å². The molecule has 2 rings (SSSR count). The number of benzene rings is 1. The van der Waals surface area contributed by atoms with E-state index in [2.05, 4.69) is 26.1 Å². The van der Waals surface area contributed by atoms with Gasteiger partial charge >= 0.3 is 0 Å². The summed E-state index contributed by atoms with van der Waals surface area (Å²) in [5.74, 6) is -0.186. The lowest BCUT2D eigenvalue weighted by Gasteiger charge is -2.22. The molecule has 1 aromatic carbocycles. The highest BCUT2D eigenvalue weighted by Crippen LogP contribution is 2.48. The monoisotopic (exact) mass is 249 g/mol. The van der Waals surface area contributed by atoms with Gasteiger partial charge in [-0.2, -0.15) is 0 Å². The number of carbonyl (C=O) groups excluding carboxylic acids is 1. The Balaban J connectivity index is 2.07. The number of halogens is 1. The van der Waals surface area contributed by atoms with Crippen LogP contribution in [0.4, 0.5) is 4.39 Å². The van der Waals surface area contributed by atoms with Crippen LogP contribution in [-0.2, 0) is 10.2 Å². The van der Waals surface area contributed by atoms with Crippen molar-refractivity contribution in [3.63, 3.8) is 0 Å². The van der Waals surface area contributed by atoms with Gasteiger partial charge in [-0.15, -0.1) is 0 Å². The maximum atomic E-state index is 12.9. The van der Waals surface area contributed by atoms with Gasteiger partial charge in [0.05, 0.1) is 5.41 Å². The molecule has 0 saturated heterocycles. The normalized spacial score (nSPS) is 17.3. The molecule has 2 nitrogen and oxygen atoms in total. The third kappa shape index (κ3) is 2.71. The molecule has 3 heteroatoms. The molecular weight excluding hydrogens is 229 g/mol. The van der Waals surface area contributed by atoms with Crippen LogP contribution in [0.5, 0.6) is 0 Å². The van der Waals surface area contributed by atoms with Crippen LogP contribution in [0.25, 0.3) is 0 Å². The Labute approximate surface area is 108 Å². The largest absolute Gasteiger partial charge is 0.355 e. The predicted molar refractivity (Wildman–Crippen MR) is 69.8 cm³/mol. The Morgan fingerprint density at radius 1 is 1.28 bits per heavy atom. The summed E-state index contributed by atoms with van der Waals surface area (Å²) in [5, 5.41) is 3.01. The van der Waals surface area contributed by atoms with Crippen LogP contribution in [0, 0.1) is 11.2 Å². The highest BCUT2D eigenvalue weighted by molar-refractivity contribution is 5.91. The smallest absolute Gasteiger partial charge is 0.230 e. The van der Waals surface area contributed by atoms with E-state index in [0.29, 0.717) is 6.54 Å². The first-order chi connectivity index (χ1) is 8.33. The summed E-state index contributed by atoms with van der Waals surface area (Å²) < 4.78 is 12.9. The van der Waals surface area contributed by atoms with Crippen molar-refractivity contribution >= 4 is 5.91 Å². The van der Waals surface area contributed by atoms with Gasteiger partial charge in [0.15, 0.2) is 0 Å². The fourth-order valence-corrected chi connectivity index (χ4v) is 2.06. The molecule has 1 saturated carbocycles. The van der Waals surface area contributed by atoms with Gasteiger partial charge < -0.3 is 5.32 Å². The third-order valence-corrected chi connectivity index (χ3v) is 3.36. The van der Waals surface area contributed by atoms with Crippen molar-refractivity contribution in [1.82, 2.24) is 5.32 Å². The summed E-state index contributed by atoms with van der Waals surface area (Å²) >= 11 is 0. The van der Waals surface area contributed by atoms with Crippen LogP contribution in [0.15, 0.2) is 24.3 Å². The lowest BCUT2D eigenvalue weighted by molar-refractivity contribution is -0.124. The van der Waals surface area contributed by atoms with Gasteiger partial charge in [0, 0.05) is 6.54 Å². The molecule has 0 aromatic heterocycles. The summed E-state index contributed by atoms with van der Waals surface area (Å²) in [5.41, 5.74) is 0.600. The average molecular weight is 249 g/mol. The second-order valence-corrected chi connectivity index (χ2v) is 6.33. The first-order valence-electron chi connectivity index (χ1n) is 6.38. The molecular formula is C15H20FNO. The summed E-state index contributed by atoms with van der Waals surface area (Å²) in [6, 6.07) is 6.29. The van der Waals surface area contributed by atoms with Gasteiger partial charge in [-0.25, -0.2) is 4.39 Å². The molecule has 1 aliphatic carbocycles. The quantitative estimate of drug-likeness (QED) is 0.876. The van der Waals surface area contributed by atoms with E-state index >= 15 is 0 Å². The minimum atomic E-state index is -0.404. The van der Waals surface area contributed by atoms with Crippen molar-refractivity contribution in [2.45, 2.75) is 39.0 Å². The predicted octanol–water partition coefficient (Wildman–Crippen LogP) is 3.02. The van der Waals surface area contributed by atoms with Gasteiger partial charge in [-0.3, -0.25) is 4.79 Å². The van der Waals surface area contributed by atoms with Crippen molar-refractivity contribution in [1.29, 1.82) is 0 Å². The van der Waals surface area contributed by atoms with Crippen LogP contribution in [0.2, 0.25) is 0 Å². The van der Waals surface area contributed by atoms with Gasteiger partial charge in [-0.05, 0) is 36.0 Å². The molecule has 0 bridgehead atoms. The second kappa shape index (κ2) is 4.38. The molecule has 0 radical (unpaired) electrons. The molecule has 1 N–H and O–H groups in total. The van der Waals surface area contributed by atoms with Gasteiger partial charge in [-0.1, -0.05) is 32.9 Å². The minimum absolute atomic E-state index is 0.0732. The van der Waals surface area contributed by atoms with Crippen LogP contribution in [0.1, 0.15) is 39.2 Å². The topological polar surface area (TPSA) is 29.1 Å². The Morgan fingerprint density at radius 2 is 1.83 bits per heavy atom. The number of amides is 1. The van der Waals surface area contributed by atoms with E-state index in [0.717, 1.165) is 18.4 Å². The van der Waals surface area contributed by atoms with Crippen molar-refractivity contribution in [3.05, 3.63) is 35.6 Å². The Kier molecular flexibility index (Phi) is 3.18. The molecule has 1 aromatic rings. The summed E-state index contributed by atoms with van der Waals surface area (Å²) in [7, 11) is 0. The zero-order chi connectivity index (χ0) is 13.4. The lowest BCUT2D eigenvalue weighted by atomic mass is 9.93. The third-order valence-electron chi connectivity index (χ3n) is 3.36. The summed E-state index contributed by atoms with van der Waals surface area (Å²) in [6.45, 7) is 6.93. The fraction of sp³-hybridized carbons (Fsp3) is 0.533. The van der Waals surface area contributed by atoms with E-state index in [1.165, 1.54) is 12.1 Å². The fourth-order valence-electron chi connectivity index (χ4n) is 2.06. The highest BCUT2D eigenvalue weighted by atomic mass is 19.1. The van der Waals surface area contributed by atoms with Crippen molar-refractivity contribution < 1.29 is 9.18 Å². The number of nitrogens with one attached hydrogen (secondary N) is 1. The molecule has 0 aliphatic heterocycles. The Bertz CT molecular complexity index is 441. The number of rotatable bonds is 3. The SMILES string of the molecule is CC(C)(C)CNC(=O)C1(c2ccc(F)cc2)CC1. The molecule has 0 heterocycles. The van der Waals surface area contributed by atoms with E-state index in [4.69, 9.17) is 0 Å². The van der Waals surface area contributed by atoms with Crippen molar-refractivity contribution in [2.75, 3.05) is 6.54 Å². The van der Waals surface area contributed by atoms with E-state index in [1.54, 1.807) is 12.1 Å². The molecule has 1 amide bonds. The standard InChI is InChI=1S/C15H20FNO/c1-14(2,3)10-17-13(18)15(8-9-15)11-4-6-12(16)7-5-11/h4-7H,8-10H2,1-3H3,(H,17,18). The molecule has 18 heavy (non-hydrogen) atoms. The number of hydrogen-bond acceptors (Lipinski definition) is 1.